The first kappa shape index (κ1) is 18.7. The number of carbonyl (C=O) groups is 2. The molecular formula is C20H29N3O3. The third kappa shape index (κ3) is 4.55. The van der Waals surface area contributed by atoms with E-state index in [2.05, 4.69) is 39.8 Å². The normalized spacial score (nSPS) is 26.3. The van der Waals surface area contributed by atoms with Crippen molar-refractivity contribution < 1.29 is 14.7 Å². The van der Waals surface area contributed by atoms with Crippen molar-refractivity contribution in [2.45, 2.75) is 51.2 Å². The van der Waals surface area contributed by atoms with Crippen molar-refractivity contribution in [1.82, 2.24) is 15.5 Å². The fraction of sp³-hybridized carbons (Fsp3) is 0.600. The topological polar surface area (TPSA) is 81.7 Å². The number of carboxylic acid groups (broad SMARTS) is 1. The van der Waals surface area contributed by atoms with Gasteiger partial charge in [-0.05, 0) is 36.7 Å². The molecule has 2 amide bonds. The predicted molar refractivity (Wildman–Crippen MR) is 99.7 cm³/mol. The van der Waals surface area contributed by atoms with Gasteiger partial charge in [0.2, 0.25) is 5.91 Å². The van der Waals surface area contributed by atoms with Crippen LogP contribution in [0.3, 0.4) is 0 Å². The van der Waals surface area contributed by atoms with Crippen molar-refractivity contribution in [3.8, 4) is 0 Å². The van der Waals surface area contributed by atoms with Crippen molar-refractivity contribution in [1.29, 1.82) is 0 Å². The van der Waals surface area contributed by atoms with Crippen LogP contribution in [0.15, 0.2) is 30.3 Å². The molecule has 1 aromatic rings. The highest BCUT2D eigenvalue weighted by Crippen LogP contribution is 2.38. The summed E-state index contributed by atoms with van der Waals surface area (Å²) < 4.78 is 0. The minimum atomic E-state index is -1.14. The van der Waals surface area contributed by atoms with Gasteiger partial charge in [0, 0.05) is 25.7 Å². The van der Waals surface area contributed by atoms with Crippen LogP contribution >= 0.6 is 0 Å². The van der Waals surface area contributed by atoms with Crippen LogP contribution in [-0.4, -0.2) is 47.2 Å². The molecule has 3 rings (SSSR count). The second kappa shape index (κ2) is 8.54. The summed E-state index contributed by atoms with van der Waals surface area (Å²) in [5.74, 6) is 0.914. The molecule has 2 aliphatic rings. The zero-order valence-corrected chi connectivity index (χ0v) is 15.4. The Morgan fingerprint density at radius 1 is 1.23 bits per heavy atom. The van der Waals surface area contributed by atoms with Crippen LogP contribution in [0.2, 0.25) is 0 Å². The second-order valence-electron chi connectivity index (χ2n) is 7.59. The van der Waals surface area contributed by atoms with E-state index in [0.29, 0.717) is 18.3 Å². The number of fused-ring (bicyclic) bond motifs is 1. The summed E-state index contributed by atoms with van der Waals surface area (Å²) in [5.41, 5.74) is 1.32. The van der Waals surface area contributed by atoms with Gasteiger partial charge in [-0.25, -0.2) is 4.79 Å². The number of likely N-dealkylation sites (tertiary alicyclic amines) is 1. The lowest BCUT2D eigenvalue weighted by molar-refractivity contribution is -0.124. The van der Waals surface area contributed by atoms with Crippen LogP contribution in [0.5, 0.6) is 0 Å². The molecule has 1 saturated heterocycles. The standard InChI is InChI=1S/C20H29N3O3/c1-2-6-18(22-20(25)26)19(24)21-17-10-9-15-12-23(13-16(15)17)11-14-7-4-3-5-8-14/h3-5,7-8,15-18,22H,2,6,9-13H2,1H3,(H,21,24)(H,25,26)/t15-,16+,17+,18?/m1/s1. The molecule has 1 heterocycles. The van der Waals surface area contributed by atoms with Crippen molar-refractivity contribution in [2.75, 3.05) is 13.1 Å². The van der Waals surface area contributed by atoms with Crippen LogP contribution in [0, 0.1) is 11.8 Å². The number of nitrogens with zero attached hydrogens (tertiary/aromatic N) is 1. The Bertz CT molecular complexity index is 622. The maximum atomic E-state index is 12.5. The van der Waals surface area contributed by atoms with Gasteiger partial charge in [-0.1, -0.05) is 43.7 Å². The maximum Gasteiger partial charge on any atom is 0.405 e. The number of hydrogen-bond donors (Lipinski definition) is 3. The molecule has 0 bridgehead atoms. The number of rotatable bonds is 7. The minimum absolute atomic E-state index is 0.156. The third-order valence-corrected chi connectivity index (χ3v) is 5.70. The van der Waals surface area contributed by atoms with E-state index in [0.717, 1.165) is 38.9 Å². The van der Waals surface area contributed by atoms with E-state index in [1.54, 1.807) is 0 Å². The van der Waals surface area contributed by atoms with Gasteiger partial charge in [0.05, 0.1) is 0 Å². The largest absolute Gasteiger partial charge is 0.465 e. The third-order valence-electron chi connectivity index (χ3n) is 5.70. The number of benzene rings is 1. The molecule has 1 aliphatic heterocycles. The molecule has 1 aromatic carbocycles. The van der Waals surface area contributed by atoms with E-state index in [1.165, 1.54) is 5.56 Å². The van der Waals surface area contributed by atoms with E-state index in [9.17, 15) is 9.59 Å². The molecule has 4 atom stereocenters. The number of hydrogen-bond acceptors (Lipinski definition) is 3. The molecule has 6 nitrogen and oxygen atoms in total. The highest BCUT2D eigenvalue weighted by molar-refractivity contribution is 5.85. The average Bonchev–Trinajstić information content (AvgIpc) is 3.16. The van der Waals surface area contributed by atoms with Crippen LogP contribution in [-0.2, 0) is 11.3 Å². The first-order chi connectivity index (χ1) is 12.6. The molecule has 3 N–H and O–H groups in total. The monoisotopic (exact) mass is 359 g/mol. The fourth-order valence-corrected chi connectivity index (χ4v) is 4.50. The Balaban J connectivity index is 1.55. The quantitative estimate of drug-likeness (QED) is 0.698. The summed E-state index contributed by atoms with van der Waals surface area (Å²) in [4.78, 5) is 25.9. The number of amides is 2. The van der Waals surface area contributed by atoms with Gasteiger partial charge in [-0.3, -0.25) is 9.69 Å². The highest BCUT2D eigenvalue weighted by atomic mass is 16.4. The zero-order chi connectivity index (χ0) is 18.5. The van der Waals surface area contributed by atoms with Crippen LogP contribution < -0.4 is 10.6 Å². The van der Waals surface area contributed by atoms with Crippen LogP contribution in [0.25, 0.3) is 0 Å². The Morgan fingerprint density at radius 3 is 2.69 bits per heavy atom. The Hall–Kier alpha value is -2.08. The van der Waals surface area contributed by atoms with Crippen LogP contribution in [0.4, 0.5) is 4.79 Å². The van der Waals surface area contributed by atoms with E-state index < -0.39 is 12.1 Å². The lowest BCUT2D eigenvalue weighted by atomic mass is 9.97. The van der Waals surface area contributed by atoms with Crippen LogP contribution in [0.1, 0.15) is 38.2 Å². The summed E-state index contributed by atoms with van der Waals surface area (Å²) >= 11 is 0. The van der Waals surface area contributed by atoms with E-state index in [4.69, 9.17) is 5.11 Å². The van der Waals surface area contributed by atoms with Crippen molar-refractivity contribution in [3.63, 3.8) is 0 Å². The van der Waals surface area contributed by atoms with Gasteiger partial charge < -0.3 is 15.7 Å². The molecule has 1 saturated carbocycles. The van der Waals surface area contributed by atoms with Crippen molar-refractivity contribution in [3.05, 3.63) is 35.9 Å². The minimum Gasteiger partial charge on any atom is -0.465 e. The summed E-state index contributed by atoms with van der Waals surface area (Å²) in [7, 11) is 0. The summed E-state index contributed by atoms with van der Waals surface area (Å²) in [5, 5.41) is 14.4. The summed E-state index contributed by atoms with van der Waals surface area (Å²) in [6.07, 6.45) is 2.27. The molecule has 26 heavy (non-hydrogen) atoms. The fourth-order valence-electron chi connectivity index (χ4n) is 4.50. The molecule has 1 unspecified atom stereocenters. The lowest BCUT2D eigenvalue weighted by Gasteiger charge is -2.24. The Kier molecular flexibility index (Phi) is 6.14. The molecule has 0 aromatic heterocycles. The van der Waals surface area contributed by atoms with E-state index in [1.807, 2.05) is 13.0 Å². The van der Waals surface area contributed by atoms with E-state index in [-0.39, 0.29) is 11.9 Å². The van der Waals surface area contributed by atoms with Gasteiger partial charge in [0.15, 0.2) is 0 Å². The van der Waals surface area contributed by atoms with Gasteiger partial charge in [-0.15, -0.1) is 0 Å². The molecule has 0 radical (unpaired) electrons. The predicted octanol–water partition coefficient (Wildman–Crippen LogP) is 2.45. The number of nitrogens with one attached hydrogen (secondary N) is 2. The van der Waals surface area contributed by atoms with Gasteiger partial charge in [-0.2, -0.15) is 0 Å². The maximum absolute atomic E-state index is 12.5. The van der Waals surface area contributed by atoms with Gasteiger partial charge in [0.25, 0.3) is 0 Å². The highest BCUT2D eigenvalue weighted by Gasteiger charge is 2.43. The van der Waals surface area contributed by atoms with Crippen molar-refractivity contribution >= 4 is 12.0 Å². The van der Waals surface area contributed by atoms with Crippen molar-refractivity contribution in [2.24, 2.45) is 11.8 Å². The molecule has 142 valence electrons. The zero-order valence-electron chi connectivity index (χ0n) is 15.4. The molecule has 6 heteroatoms. The van der Waals surface area contributed by atoms with Gasteiger partial charge in [0.1, 0.15) is 6.04 Å². The van der Waals surface area contributed by atoms with Gasteiger partial charge >= 0.3 is 6.09 Å². The first-order valence-electron chi connectivity index (χ1n) is 9.63. The summed E-state index contributed by atoms with van der Waals surface area (Å²) in [6.45, 7) is 4.98. The molecule has 2 fully saturated rings. The second-order valence-corrected chi connectivity index (χ2v) is 7.59. The lowest BCUT2D eigenvalue weighted by Crippen LogP contribution is -2.50. The Labute approximate surface area is 155 Å². The molecular weight excluding hydrogens is 330 g/mol. The van der Waals surface area contributed by atoms with E-state index >= 15 is 0 Å². The Morgan fingerprint density at radius 2 is 2.00 bits per heavy atom. The molecule has 1 aliphatic carbocycles. The smallest absolute Gasteiger partial charge is 0.405 e. The SMILES string of the molecule is CCCC(NC(=O)O)C(=O)N[C@H]1CC[C@@H]2CN(Cc3ccccc3)C[C@@H]21. The summed E-state index contributed by atoms with van der Waals surface area (Å²) in [6, 6.07) is 9.98. The first-order valence-corrected chi connectivity index (χ1v) is 9.63. The molecule has 0 spiro atoms. The average molecular weight is 359 g/mol. The number of carbonyl (C=O) groups excluding carboxylic acids is 1.